The summed E-state index contributed by atoms with van der Waals surface area (Å²) in [5.41, 5.74) is 2.10. The fourth-order valence-corrected chi connectivity index (χ4v) is 8.15. The van der Waals surface area contributed by atoms with Crippen molar-refractivity contribution in [2.45, 2.75) is 102 Å². The quantitative estimate of drug-likeness (QED) is 0.533. The smallest absolute Gasteiger partial charge is 0.316 e. The molecule has 5 rings (SSSR count). The highest BCUT2D eigenvalue weighted by molar-refractivity contribution is 7.88. The number of piperidine rings is 1. The van der Waals surface area contributed by atoms with E-state index in [4.69, 9.17) is 14.5 Å². The lowest BCUT2D eigenvalue weighted by atomic mass is 9.88. The van der Waals surface area contributed by atoms with Crippen molar-refractivity contribution in [3.63, 3.8) is 0 Å². The van der Waals surface area contributed by atoms with Crippen LogP contribution in [-0.2, 0) is 27.8 Å². The number of aromatic nitrogens is 3. The van der Waals surface area contributed by atoms with Crippen molar-refractivity contribution in [1.29, 1.82) is 0 Å². The van der Waals surface area contributed by atoms with Crippen LogP contribution < -0.4 is 4.74 Å². The molecule has 10 heteroatoms. The summed E-state index contributed by atoms with van der Waals surface area (Å²) in [6.45, 7) is 2.59. The van der Waals surface area contributed by atoms with Gasteiger partial charge in [0.15, 0.2) is 0 Å². The average molecular weight is 507 g/mol. The van der Waals surface area contributed by atoms with Crippen LogP contribution in [0.1, 0.15) is 80.5 Å². The number of aryl methyl sites for hydroxylation is 1. The van der Waals surface area contributed by atoms with Crippen LogP contribution in [0.4, 0.5) is 0 Å². The molecule has 4 heterocycles. The molecule has 0 aromatic carbocycles. The number of fused-ring (bicyclic) bond motifs is 2. The Morgan fingerprint density at radius 3 is 2.32 bits per heavy atom. The summed E-state index contributed by atoms with van der Waals surface area (Å²) in [4.78, 5) is 13.5. The van der Waals surface area contributed by atoms with Gasteiger partial charge in [0.05, 0.1) is 29.7 Å². The van der Waals surface area contributed by atoms with E-state index in [1.54, 1.807) is 15.6 Å². The second-order valence-electron chi connectivity index (χ2n) is 9.88. The summed E-state index contributed by atoms with van der Waals surface area (Å²) < 4.78 is 38.1. The predicted molar refractivity (Wildman–Crippen MR) is 130 cm³/mol. The number of rotatable bonds is 8. The molecular weight excluding hydrogens is 472 g/mol. The zero-order valence-electron chi connectivity index (χ0n) is 19.9. The lowest BCUT2D eigenvalue weighted by Crippen LogP contribution is -2.48. The maximum atomic E-state index is 12.1. The minimum absolute atomic E-state index is 0.0946. The van der Waals surface area contributed by atoms with Crippen molar-refractivity contribution in [3.05, 3.63) is 34.0 Å². The molecule has 0 radical (unpaired) electrons. The first kappa shape index (κ1) is 24.1. The largest absolute Gasteiger partial charge is 0.460 e. The predicted octanol–water partition coefficient (Wildman–Crippen LogP) is 4.07. The summed E-state index contributed by atoms with van der Waals surface area (Å²) in [5.74, 6) is 0.468. The molecule has 0 unspecified atom stereocenters. The Bertz CT molecular complexity index is 1050. The van der Waals surface area contributed by atoms with Gasteiger partial charge in [-0.2, -0.15) is 4.31 Å². The third-order valence-electron chi connectivity index (χ3n) is 7.43. The molecule has 2 aromatic rings. The van der Waals surface area contributed by atoms with Crippen molar-refractivity contribution in [3.8, 4) is 6.01 Å². The molecule has 3 atom stereocenters. The average Bonchev–Trinajstić information content (AvgIpc) is 3.41. The third-order valence-corrected chi connectivity index (χ3v) is 9.85. The number of sulfonamides is 1. The van der Waals surface area contributed by atoms with Crippen molar-refractivity contribution >= 4 is 21.4 Å². The number of hydrogen-bond acceptors (Lipinski definition) is 8. The van der Waals surface area contributed by atoms with Crippen LogP contribution in [-0.4, -0.2) is 58.2 Å². The molecule has 0 amide bonds. The Morgan fingerprint density at radius 2 is 1.71 bits per heavy atom. The monoisotopic (exact) mass is 506 g/mol. The van der Waals surface area contributed by atoms with Crippen LogP contribution in [0.15, 0.2) is 17.8 Å². The second-order valence-corrected chi connectivity index (χ2v) is 12.7. The number of thiazole rings is 1. The van der Waals surface area contributed by atoms with Gasteiger partial charge in [0.1, 0.15) is 6.10 Å². The van der Waals surface area contributed by atoms with Crippen LogP contribution in [0.3, 0.4) is 0 Å². The van der Waals surface area contributed by atoms with Gasteiger partial charge in [-0.3, -0.25) is 0 Å². The first-order valence-corrected chi connectivity index (χ1v) is 15.1. The molecule has 3 fully saturated rings. The zero-order valence-corrected chi connectivity index (χ0v) is 21.6. The number of hydrogen-bond donors (Lipinski definition) is 0. The third kappa shape index (κ3) is 5.45. The van der Waals surface area contributed by atoms with E-state index < -0.39 is 10.0 Å². The first-order chi connectivity index (χ1) is 16.4. The standard InChI is InChI=1S/C24H34N4O4S2/c1-3-16-12-25-24(26-13-16)32-21-8-4-17(5-9-21)23-27-18(15-33-23)14-31-22-10-19-6-7-20(11-22)28(19)34(2,29)30/h12-13,15,17,19-22H,3-11,14H2,1-2H3/t17?,19-,20+,21?,22+. The molecule has 186 valence electrons. The van der Waals surface area contributed by atoms with Gasteiger partial charge >= 0.3 is 6.01 Å². The van der Waals surface area contributed by atoms with Crippen molar-refractivity contribution in [1.82, 2.24) is 19.3 Å². The molecule has 2 saturated heterocycles. The summed E-state index contributed by atoms with van der Waals surface area (Å²) >= 11 is 1.73. The minimum Gasteiger partial charge on any atom is -0.460 e. The van der Waals surface area contributed by atoms with Gasteiger partial charge in [-0.05, 0) is 63.4 Å². The topological polar surface area (TPSA) is 94.5 Å². The molecule has 0 spiro atoms. The fraction of sp³-hybridized carbons (Fsp3) is 0.708. The Hall–Kier alpha value is -1.62. The molecule has 3 aliphatic rings. The molecular formula is C24H34N4O4S2. The molecule has 8 nitrogen and oxygen atoms in total. The van der Waals surface area contributed by atoms with Gasteiger partial charge in [0.2, 0.25) is 10.0 Å². The summed E-state index contributed by atoms with van der Waals surface area (Å²) in [6, 6.07) is 0.666. The van der Waals surface area contributed by atoms with Gasteiger partial charge in [-0.15, -0.1) is 11.3 Å². The SMILES string of the molecule is CCc1cnc(OC2CCC(c3nc(CO[C@H]4C[C@H]5CC[C@@H](C4)N5S(C)(=O)=O)cs3)CC2)nc1. The minimum atomic E-state index is -3.13. The Kier molecular flexibility index (Phi) is 7.20. The fourth-order valence-electron chi connectivity index (χ4n) is 5.70. The Morgan fingerprint density at radius 1 is 1.03 bits per heavy atom. The normalized spacial score (nSPS) is 29.9. The maximum absolute atomic E-state index is 12.1. The van der Waals surface area contributed by atoms with E-state index in [1.807, 2.05) is 12.4 Å². The molecule has 2 aliphatic heterocycles. The van der Waals surface area contributed by atoms with Crippen molar-refractivity contribution < 1.29 is 17.9 Å². The highest BCUT2D eigenvalue weighted by atomic mass is 32.2. The van der Waals surface area contributed by atoms with E-state index in [-0.39, 0.29) is 24.3 Å². The first-order valence-electron chi connectivity index (χ1n) is 12.4. The Labute approximate surface area is 206 Å². The molecule has 1 aliphatic carbocycles. The van der Waals surface area contributed by atoms with Crippen molar-refractivity contribution in [2.24, 2.45) is 0 Å². The number of ether oxygens (including phenoxy) is 2. The van der Waals surface area contributed by atoms with E-state index in [9.17, 15) is 8.42 Å². The van der Waals surface area contributed by atoms with Gasteiger partial charge in [-0.1, -0.05) is 6.92 Å². The van der Waals surface area contributed by atoms with Gasteiger partial charge in [0.25, 0.3) is 0 Å². The Balaban J connectivity index is 1.08. The number of nitrogens with zero attached hydrogens (tertiary/aromatic N) is 4. The van der Waals surface area contributed by atoms with Crippen LogP contribution in [0.25, 0.3) is 0 Å². The van der Waals surface area contributed by atoms with Crippen LogP contribution in [0.5, 0.6) is 6.01 Å². The molecule has 2 bridgehead atoms. The second kappa shape index (κ2) is 10.2. The van der Waals surface area contributed by atoms with Gasteiger partial charge in [0, 0.05) is 35.8 Å². The summed E-state index contributed by atoms with van der Waals surface area (Å²) in [6.07, 6.45) is 13.8. The lowest BCUT2D eigenvalue weighted by Gasteiger charge is -2.36. The summed E-state index contributed by atoms with van der Waals surface area (Å²) in [5, 5.41) is 3.30. The molecule has 2 aromatic heterocycles. The lowest BCUT2D eigenvalue weighted by molar-refractivity contribution is -0.00924. The van der Waals surface area contributed by atoms with Gasteiger partial charge < -0.3 is 9.47 Å². The highest BCUT2D eigenvalue weighted by Crippen LogP contribution is 2.39. The van der Waals surface area contributed by atoms with E-state index >= 15 is 0 Å². The summed E-state index contributed by atoms with van der Waals surface area (Å²) in [7, 11) is -3.13. The molecule has 0 N–H and O–H groups in total. The zero-order chi connectivity index (χ0) is 23.7. The van der Waals surface area contributed by atoms with E-state index in [0.717, 1.165) is 69.0 Å². The van der Waals surface area contributed by atoms with Crippen LogP contribution >= 0.6 is 11.3 Å². The highest BCUT2D eigenvalue weighted by Gasteiger charge is 2.45. The molecule has 1 saturated carbocycles. The van der Waals surface area contributed by atoms with Crippen molar-refractivity contribution in [2.75, 3.05) is 6.26 Å². The van der Waals surface area contributed by atoms with Gasteiger partial charge in [-0.25, -0.2) is 23.4 Å². The van der Waals surface area contributed by atoms with Crippen LogP contribution in [0, 0.1) is 0 Å². The molecule has 34 heavy (non-hydrogen) atoms. The van der Waals surface area contributed by atoms with Crippen LogP contribution in [0.2, 0.25) is 0 Å². The van der Waals surface area contributed by atoms with E-state index in [0.29, 0.717) is 18.5 Å². The van der Waals surface area contributed by atoms with E-state index in [2.05, 4.69) is 22.3 Å². The van der Waals surface area contributed by atoms with E-state index in [1.165, 1.54) is 11.3 Å². The maximum Gasteiger partial charge on any atom is 0.316 e.